The van der Waals surface area contributed by atoms with Crippen molar-refractivity contribution < 1.29 is 4.79 Å². The van der Waals surface area contributed by atoms with Crippen LogP contribution in [0.3, 0.4) is 0 Å². The Morgan fingerprint density at radius 1 is 1.21 bits per heavy atom. The Morgan fingerprint density at radius 3 is 2.29 bits per heavy atom. The number of carbonyl (C=O) groups is 1. The first-order chi connectivity index (χ1) is 6.80. The minimum absolute atomic E-state index is 0.560. The molecular weight excluding hydrogens is 174 g/mol. The molecule has 0 atom stereocenters. The maximum atomic E-state index is 10.5. The van der Waals surface area contributed by atoms with Crippen LogP contribution in [0, 0.1) is 0 Å². The van der Waals surface area contributed by atoms with Crippen molar-refractivity contribution >= 4 is 12.5 Å². The van der Waals surface area contributed by atoms with E-state index >= 15 is 0 Å². The molecule has 0 aromatic heterocycles. The Morgan fingerprint density at radius 2 is 1.86 bits per heavy atom. The van der Waals surface area contributed by atoms with Gasteiger partial charge in [-0.2, -0.15) is 0 Å². The zero-order valence-electron chi connectivity index (χ0n) is 8.02. The van der Waals surface area contributed by atoms with Gasteiger partial charge in [0.25, 0.3) is 0 Å². The lowest BCUT2D eigenvalue weighted by Crippen LogP contribution is -2.13. The molecule has 0 fully saturated rings. The molecule has 1 amide bonds. The Balaban J connectivity index is 2.72. The van der Waals surface area contributed by atoms with E-state index < -0.39 is 0 Å². The lowest BCUT2D eigenvalue weighted by Gasteiger charge is -2.11. The molecule has 0 saturated heterocycles. The molecule has 0 heterocycles. The van der Waals surface area contributed by atoms with Crippen molar-refractivity contribution in [3.05, 3.63) is 54.8 Å². The molecular formula is C12H13NO. The Bertz CT molecular complexity index is 319. The van der Waals surface area contributed by atoms with E-state index in [4.69, 9.17) is 0 Å². The summed E-state index contributed by atoms with van der Waals surface area (Å²) in [5.74, 6) is 0. The second kappa shape index (κ2) is 5.02. The summed E-state index contributed by atoms with van der Waals surface area (Å²) in [4.78, 5) is 12.0. The minimum atomic E-state index is 0.560. The Kier molecular flexibility index (Phi) is 3.68. The van der Waals surface area contributed by atoms with E-state index in [1.165, 1.54) is 11.1 Å². The zero-order valence-corrected chi connectivity index (χ0v) is 8.02. The molecule has 0 aliphatic carbocycles. The van der Waals surface area contributed by atoms with Gasteiger partial charge in [0.2, 0.25) is 6.41 Å². The molecule has 0 bridgehead atoms. The molecule has 0 N–H and O–H groups in total. The number of hydrogen-bond donors (Lipinski definition) is 0. The van der Waals surface area contributed by atoms with E-state index in [9.17, 15) is 4.79 Å². The van der Waals surface area contributed by atoms with Crippen molar-refractivity contribution in [2.24, 2.45) is 0 Å². The summed E-state index contributed by atoms with van der Waals surface area (Å²) in [5.41, 5.74) is 2.15. The zero-order chi connectivity index (χ0) is 10.4. The molecule has 0 unspecified atom stereocenters. The minimum Gasteiger partial charge on any atom is -0.318 e. The van der Waals surface area contributed by atoms with Crippen LogP contribution in [0.25, 0.3) is 6.08 Å². The monoisotopic (exact) mass is 187 g/mol. The number of amides is 1. The van der Waals surface area contributed by atoms with Gasteiger partial charge in [-0.15, -0.1) is 0 Å². The van der Waals surface area contributed by atoms with Crippen LogP contribution in [0.4, 0.5) is 0 Å². The van der Waals surface area contributed by atoms with Gasteiger partial charge in [-0.1, -0.05) is 43.5 Å². The van der Waals surface area contributed by atoms with Crippen molar-refractivity contribution in [3.8, 4) is 0 Å². The van der Waals surface area contributed by atoms with Gasteiger partial charge in [-0.3, -0.25) is 4.79 Å². The van der Waals surface area contributed by atoms with Crippen molar-refractivity contribution in [2.75, 3.05) is 0 Å². The second-order valence-corrected chi connectivity index (χ2v) is 2.91. The molecule has 0 saturated carbocycles. The number of nitrogens with zero attached hydrogens (tertiary/aromatic N) is 1. The summed E-state index contributed by atoms with van der Waals surface area (Å²) in [6.07, 6.45) is 4.05. The van der Waals surface area contributed by atoms with Crippen LogP contribution in [-0.4, -0.2) is 11.3 Å². The maximum absolute atomic E-state index is 10.5. The molecule has 1 aromatic rings. The van der Waals surface area contributed by atoms with Crippen molar-refractivity contribution in [3.63, 3.8) is 0 Å². The van der Waals surface area contributed by atoms with Crippen LogP contribution >= 0.6 is 0 Å². The lowest BCUT2D eigenvalue weighted by atomic mass is 10.1. The van der Waals surface area contributed by atoms with Gasteiger partial charge >= 0.3 is 0 Å². The van der Waals surface area contributed by atoms with Gasteiger partial charge in [0.1, 0.15) is 0 Å². The lowest BCUT2D eigenvalue weighted by molar-refractivity contribution is -0.116. The summed E-state index contributed by atoms with van der Waals surface area (Å²) in [7, 11) is 0. The predicted octanol–water partition coefficient (Wildman–Crippen LogP) is 2.43. The summed E-state index contributed by atoms with van der Waals surface area (Å²) >= 11 is 0. The fourth-order valence-electron chi connectivity index (χ4n) is 1.11. The molecule has 0 radical (unpaired) electrons. The summed E-state index contributed by atoms with van der Waals surface area (Å²) in [6.45, 7) is 7.77. The average Bonchev–Trinajstić information content (AvgIpc) is 2.26. The molecule has 1 rings (SSSR count). The third-order valence-electron chi connectivity index (χ3n) is 1.95. The third-order valence-corrected chi connectivity index (χ3v) is 1.95. The highest BCUT2D eigenvalue weighted by Crippen LogP contribution is 2.07. The van der Waals surface area contributed by atoms with E-state index in [1.54, 1.807) is 6.08 Å². The van der Waals surface area contributed by atoms with E-state index in [1.807, 2.05) is 24.3 Å². The van der Waals surface area contributed by atoms with Crippen LogP contribution < -0.4 is 0 Å². The van der Waals surface area contributed by atoms with Crippen LogP contribution in [0.5, 0.6) is 0 Å². The van der Waals surface area contributed by atoms with Gasteiger partial charge in [-0.05, 0) is 17.3 Å². The van der Waals surface area contributed by atoms with Gasteiger partial charge in [0, 0.05) is 6.54 Å². The number of carbonyl (C=O) groups excluding carboxylic acids is 1. The highest BCUT2D eigenvalue weighted by molar-refractivity contribution is 5.50. The third kappa shape index (κ3) is 2.59. The molecule has 2 nitrogen and oxygen atoms in total. The van der Waals surface area contributed by atoms with E-state index in [2.05, 4.69) is 13.2 Å². The number of benzene rings is 1. The topological polar surface area (TPSA) is 20.3 Å². The first-order valence-electron chi connectivity index (χ1n) is 4.35. The van der Waals surface area contributed by atoms with Gasteiger partial charge < -0.3 is 4.90 Å². The molecule has 0 aliphatic rings. The predicted molar refractivity (Wildman–Crippen MR) is 58.3 cm³/mol. The molecule has 2 heteroatoms. The largest absolute Gasteiger partial charge is 0.318 e. The second-order valence-electron chi connectivity index (χ2n) is 2.91. The highest BCUT2D eigenvalue weighted by atomic mass is 16.1. The first kappa shape index (κ1) is 10.3. The molecule has 0 spiro atoms. The van der Waals surface area contributed by atoms with Crippen LogP contribution in [0.1, 0.15) is 11.1 Å². The first-order valence-corrected chi connectivity index (χ1v) is 4.35. The Labute approximate surface area is 84.2 Å². The van der Waals surface area contributed by atoms with E-state index in [-0.39, 0.29) is 0 Å². The van der Waals surface area contributed by atoms with Gasteiger partial charge in [0.05, 0.1) is 0 Å². The fourth-order valence-corrected chi connectivity index (χ4v) is 1.11. The maximum Gasteiger partial charge on any atom is 0.213 e. The smallest absolute Gasteiger partial charge is 0.213 e. The number of rotatable bonds is 5. The standard InChI is InChI=1S/C12H13NO/c1-3-11-5-7-12(8-6-11)9-13(4-2)10-14/h3-8,10H,1-2,9H2. The van der Waals surface area contributed by atoms with Crippen LogP contribution in [0.2, 0.25) is 0 Å². The van der Waals surface area contributed by atoms with Crippen molar-refractivity contribution in [1.82, 2.24) is 4.90 Å². The SMILES string of the molecule is C=Cc1ccc(CN(C=C)C=O)cc1. The van der Waals surface area contributed by atoms with Crippen molar-refractivity contribution in [2.45, 2.75) is 6.54 Å². The quantitative estimate of drug-likeness (QED) is 0.648. The number of hydrogen-bond acceptors (Lipinski definition) is 1. The summed E-state index contributed by atoms with van der Waals surface area (Å²) in [5, 5.41) is 0. The van der Waals surface area contributed by atoms with E-state index in [0.29, 0.717) is 6.54 Å². The normalized spacial score (nSPS) is 9.14. The molecule has 14 heavy (non-hydrogen) atoms. The molecule has 72 valence electrons. The van der Waals surface area contributed by atoms with E-state index in [0.717, 1.165) is 17.5 Å². The summed E-state index contributed by atoms with van der Waals surface area (Å²) < 4.78 is 0. The average molecular weight is 187 g/mol. The fraction of sp³-hybridized carbons (Fsp3) is 0.0833. The summed E-state index contributed by atoms with van der Waals surface area (Å²) in [6, 6.07) is 7.87. The van der Waals surface area contributed by atoms with Crippen LogP contribution in [-0.2, 0) is 11.3 Å². The molecule has 1 aromatic carbocycles. The Hall–Kier alpha value is -1.83. The highest BCUT2D eigenvalue weighted by Gasteiger charge is 1.97. The van der Waals surface area contributed by atoms with Gasteiger partial charge in [-0.25, -0.2) is 0 Å². The molecule has 0 aliphatic heterocycles. The van der Waals surface area contributed by atoms with Crippen molar-refractivity contribution in [1.29, 1.82) is 0 Å². The van der Waals surface area contributed by atoms with Gasteiger partial charge in [0.15, 0.2) is 0 Å². The van der Waals surface area contributed by atoms with Crippen LogP contribution in [0.15, 0.2) is 43.6 Å².